The molecule has 2 rings (SSSR count). The quantitative estimate of drug-likeness (QED) is 0.724. The van der Waals surface area contributed by atoms with Crippen molar-refractivity contribution in [2.75, 3.05) is 26.1 Å². The van der Waals surface area contributed by atoms with Crippen LogP contribution in [-0.4, -0.2) is 36.6 Å². The molecule has 0 aliphatic carbocycles. The third-order valence-electron chi connectivity index (χ3n) is 3.36. The third-order valence-corrected chi connectivity index (χ3v) is 3.36. The van der Waals surface area contributed by atoms with Gasteiger partial charge in [0.1, 0.15) is 17.2 Å². The molecule has 1 aromatic carbocycles. The van der Waals surface area contributed by atoms with E-state index in [1.54, 1.807) is 38.5 Å². The smallest absolute Gasteiger partial charge is 0.270 e. The number of carbonyl (C=O) groups excluding carboxylic acids is 1. The fourth-order valence-corrected chi connectivity index (χ4v) is 2.05. The number of nitrogens with zero attached hydrogens (tertiary/aromatic N) is 2. The summed E-state index contributed by atoms with van der Waals surface area (Å²) in [6.07, 6.45) is 3.49. The molecule has 1 aromatic heterocycles. The number of hydrogen-bond donors (Lipinski definition) is 2. The molecule has 0 radical (unpaired) electrons. The first-order valence-corrected chi connectivity index (χ1v) is 7.78. The first-order valence-electron chi connectivity index (χ1n) is 7.78. The minimum atomic E-state index is -0.216. The van der Waals surface area contributed by atoms with Gasteiger partial charge in [0.05, 0.1) is 19.9 Å². The zero-order valence-corrected chi connectivity index (χ0v) is 14.1. The van der Waals surface area contributed by atoms with E-state index in [1.165, 1.54) is 6.20 Å². The Morgan fingerprint density at radius 2 is 2.04 bits per heavy atom. The highest BCUT2D eigenvalue weighted by atomic mass is 16.5. The molecule has 0 saturated carbocycles. The van der Waals surface area contributed by atoms with Gasteiger partial charge in [-0.05, 0) is 24.6 Å². The van der Waals surface area contributed by atoms with E-state index in [0.29, 0.717) is 35.4 Å². The van der Waals surface area contributed by atoms with Gasteiger partial charge in [-0.15, -0.1) is 0 Å². The van der Waals surface area contributed by atoms with Crippen molar-refractivity contribution < 1.29 is 14.3 Å². The Morgan fingerprint density at radius 1 is 1.21 bits per heavy atom. The van der Waals surface area contributed by atoms with Crippen LogP contribution in [0.5, 0.6) is 11.5 Å². The summed E-state index contributed by atoms with van der Waals surface area (Å²) in [6, 6.07) is 6.93. The number of amides is 1. The number of benzene rings is 1. The minimum Gasteiger partial charge on any atom is -0.497 e. The van der Waals surface area contributed by atoms with Gasteiger partial charge in [-0.3, -0.25) is 4.79 Å². The lowest BCUT2D eigenvalue weighted by atomic mass is 10.2. The van der Waals surface area contributed by atoms with E-state index in [-0.39, 0.29) is 5.91 Å². The van der Waals surface area contributed by atoms with Crippen LogP contribution < -0.4 is 20.1 Å². The molecule has 0 unspecified atom stereocenters. The van der Waals surface area contributed by atoms with Gasteiger partial charge in [0, 0.05) is 18.8 Å². The SMILES string of the molecule is CCCCNC(=O)c1ccnc(Nc2cc(OC)ccc2OC)n1. The highest BCUT2D eigenvalue weighted by Gasteiger charge is 2.10. The van der Waals surface area contributed by atoms with Crippen LogP contribution >= 0.6 is 0 Å². The van der Waals surface area contributed by atoms with E-state index < -0.39 is 0 Å². The molecular formula is C17H22N4O3. The first-order chi connectivity index (χ1) is 11.7. The van der Waals surface area contributed by atoms with Crippen LogP contribution in [-0.2, 0) is 0 Å². The van der Waals surface area contributed by atoms with E-state index in [1.807, 2.05) is 0 Å². The highest BCUT2D eigenvalue weighted by molar-refractivity contribution is 5.92. The van der Waals surface area contributed by atoms with Crippen LogP contribution in [0, 0.1) is 0 Å². The lowest BCUT2D eigenvalue weighted by Crippen LogP contribution is -2.25. The molecule has 1 heterocycles. The summed E-state index contributed by atoms with van der Waals surface area (Å²) in [4.78, 5) is 20.5. The van der Waals surface area contributed by atoms with Crippen molar-refractivity contribution >= 4 is 17.5 Å². The molecule has 0 aliphatic heterocycles. The van der Waals surface area contributed by atoms with Gasteiger partial charge < -0.3 is 20.1 Å². The number of unbranched alkanes of at least 4 members (excludes halogenated alkanes) is 1. The van der Waals surface area contributed by atoms with Crippen LogP contribution in [0.2, 0.25) is 0 Å². The van der Waals surface area contributed by atoms with Crippen molar-refractivity contribution in [2.24, 2.45) is 0 Å². The normalized spacial score (nSPS) is 10.1. The second kappa shape index (κ2) is 8.71. The Balaban J connectivity index is 2.16. The van der Waals surface area contributed by atoms with Gasteiger partial charge >= 0.3 is 0 Å². The van der Waals surface area contributed by atoms with Gasteiger partial charge in [0.15, 0.2) is 0 Å². The number of anilines is 2. The summed E-state index contributed by atoms with van der Waals surface area (Å²) in [5.41, 5.74) is 0.964. The molecule has 0 aliphatic rings. The zero-order valence-electron chi connectivity index (χ0n) is 14.1. The van der Waals surface area contributed by atoms with E-state index in [0.717, 1.165) is 12.8 Å². The van der Waals surface area contributed by atoms with Crippen LogP contribution in [0.15, 0.2) is 30.5 Å². The maximum absolute atomic E-state index is 12.1. The minimum absolute atomic E-state index is 0.216. The van der Waals surface area contributed by atoms with Gasteiger partial charge in [-0.1, -0.05) is 13.3 Å². The summed E-state index contributed by atoms with van der Waals surface area (Å²) in [6.45, 7) is 2.70. The first kappa shape index (κ1) is 17.5. The number of ether oxygens (including phenoxy) is 2. The topological polar surface area (TPSA) is 85.4 Å². The second-order valence-electron chi connectivity index (χ2n) is 5.07. The van der Waals surface area contributed by atoms with Crippen molar-refractivity contribution in [2.45, 2.75) is 19.8 Å². The van der Waals surface area contributed by atoms with Crippen LogP contribution in [0.1, 0.15) is 30.3 Å². The molecule has 0 fully saturated rings. The van der Waals surface area contributed by atoms with Crippen LogP contribution in [0.25, 0.3) is 0 Å². The lowest BCUT2D eigenvalue weighted by molar-refractivity contribution is 0.0948. The fraction of sp³-hybridized carbons (Fsp3) is 0.353. The number of nitrogens with one attached hydrogen (secondary N) is 2. The van der Waals surface area contributed by atoms with Gasteiger partial charge in [0.2, 0.25) is 5.95 Å². The zero-order chi connectivity index (χ0) is 17.4. The molecule has 7 nitrogen and oxygen atoms in total. The van der Waals surface area contributed by atoms with Crippen LogP contribution in [0.4, 0.5) is 11.6 Å². The molecule has 128 valence electrons. The van der Waals surface area contributed by atoms with Gasteiger partial charge in [0.25, 0.3) is 5.91 Å². The molecule has 0 bridgehead atoms. The van der Waals surface area contributed by atoms with Gasteiger partial charge in [-0.2, -0.15) is 0 Å². The maximum Gasteiger partial charge on any atom is 0.270 e. The number of hydrogen-bond acceptors (Lipinski definition) is 6. The predicted octanol–water partition coefficient (Wildman–Crippen LogP) is 2.77. The molecule has 2 N–H and O–H groups in total. The summed E-state index contributed by atoms with van der Waals surface area (Å²) in [5, 5.41) is 5.88. The average molecular weight is 330 g/mol. The molecule has 7 heteroatoms. The standard InChI is InChI=1S/C17H22N4O3/c1-4-5-9-18-16(22)13-8-10-19-17(20-13)21-14-11-12(23-2)6-7-15(14)24-3/h6-8,10-11H,4-5,9H2,1-3H3,(H,18,22)(H,19,20,21). The molecule has 2 aromatic rings. The van der Waals surface area contributed by atoms with Crippen molar-refractivity contribution in [3.05, 3.63) is 36.2 Å². The van der Waals surface area contributed by atoms with E-state index in [9.17, 15) is 4.79 Å². The van der Waals surface area contributed by atoms with Crippen molar-refractivity contribution in [1.29, 1.82) is 0 Å². The Labute approximate surface area is 141 Å². The van der Waals surface area contributed by atoms with E-state index >= 15 is 0 Å². The molecule has 24 heavy (non-hydrogen) atoms. The summed E-state index contributed by atoms with van der Waals surface area (Å²) in [5.74, 6) is 1.39. The molecule has 0 spiro atoms. The fourth-order valence-electron chi connectivity index (χ4n) is 2.05. The van der Waals surface area contributed by atoms with Crippen molar-refractivity contribution in [1.82, 2.24) is 15.3 Å². The Morgan fingerprint density at radius 3 is 2.75 bits per heavy atom. The largest absolute Gasteiger partial charge is 0.497 e. The molecule has 0 saturated heterocycles. The second-order valence-corrected chi connectivity index (χ2v) is 5.07. The highest BCUT2D eigenvalue weighted by Crippen LogP contribution is 2.30. The summed E-state index contributed by atoms with van der Waals surface area (Å²) < 4.78 is 10.5. The molecule has 0 atom stereocenters. The average Bonchev–Trinajstić information content (AvgIpc) is 2.62. The Kier molecular flexibility index (Phi) is 6.36. The molecule has 1 amide bonds. The van der Waals surface area contributed by atoms with Crippen molar-refractivity contribution in [3.8, 4) is 11.5 Å². The number of rotatable bonds is 8. The number of methoxy groups -OCH3 is 2. The molecular weight excluding hydrogens is 308 g/mol. The monoisotopic (exact) mass is 330 g/mol. The third kappa shape index (κ3) is 4.58. The van der Waals surface area contributed by atoms with Gasteiger partial charge in [-0.25, -0.2) is 9.97 Å². The lowest BCUT2D eigenvalue weighted by Gasteiger charge is -2.12. The van der Waals surface area contributed by atoms with Crippen molar-refractivity contribution in [3.63, 3.8) is 0 Å². The van der Waals surface area contributed by atoms with E-state index in [2.05, 4.69) is 27.5 Å². The number of carbonyl (C=O) groups is 1. The Bertz CT molecular complexity index is 691. The summed E-state index contributed by atoms with van der Waals surface area (Å²) in [7, 11) is 3.16. The maximum atomic E-state index is 12.1. The Hall–Kier alpha value is -2.83. The van der Waals surface area contributed by atoms with Crippen LogP contribution in [0.3, 0.4) is 0 Å². The number of aromatic nitrogens is 2. The predicted molar refractivity (Wildman–Crippen MR) is 92.1 cm³/mol. The summed E-state index contributed by atoms with van der Waals surface area (Å²) >= 11 is 0. The van der Waals surface area contributed by atoms with E-state index in [4.69, 9.17) is 9.47 Å².